The molecule has 0 aromatic heterocycles. The highest BCUT2D eigenvalue weighted by Gasteiger charge is 2.15. The van der Waals surface area contributed by atoms with E-state index in [1.165, 1.54) is 0 Å². The van der Waals surface area contributed by atoms with Crippen LogP contribution in [-0.2, 0) is 16.6 Å². The molecule has 0 saturated heterocycles. The van der Waals surface area contributed by atoms with Gasteiger partial charge in [-0.3, -0.25) is 4.21 Å². The second-order valence-electron chi connectivity index (χ2n) is 4.37. The first-order chi connectivity index (χ1) is 7.40. The van der Waals surface area contributed by atoms with Crippen LogP contribution in [-0.4, -0.2) is 9.46 Å². The lowest BCUT2D eigenvalue weighted by atomic mass is 10.2. The molecule has 4 heteroatoms. The Balaban J connectivity index is 2.77. The predicted molar refractivity (Wildman–Crippen MR) is 74.7 cm³/mol. The minimum atomic E-state index is -0.839. The molecule has 0 spiro atoms. The first-order valence-corrected chi connectivity index (χ1v) is 7.49. The van der Waals surface area contributed by atoms with Crippen LogP contribution in [0.4, 0.5) is 5.69 Å². The Morgan fingerprint density at radius 1 is 1.31 bits per heavy atom. The molecule has 0 aliphatic carbocycles. The molecular weight excluding hydrogens is 286 g/mol. The molecule has 2 unspecified atom stereocenters. The summed E-state index contributed by atoms with van der Waals surface area (Å²) in [6.45, 7) is 6.22. The van der Waals surface area contributed by atoms with Gasteiger partial charge in [0.1, 0.15) is 0 Å². The van der Waals surface area contributed by atoms with Crippen LogP contribution >= 0.6 is 15.9 Å². The maximum absolute atomic E-state index is 12.0. The van der Waals surface area contributed by atoms with E-state index < -0.39 is 10.8 Å². The SMILES string of the molecule is CC(C)C(C)S(=O)Cc1cc(N)cc(Br)c1. The van der Waals surface area contributed by atoms with Crippen LogP contribution in [0.5, 0.6) is 0 Å². The summed E-state index contributed by atoms with van der Waals surface area (Å²) in [5.74, 6) is 1.01. The van der Waals surface area contributed by atoms with E-state index in [0.717, 1.165) is 10.0 Å². The minimum Gasteiger partial charge on any atom is -0.399 e. The third kappa shape index (κ3) is 3.91. The summed E-state index contributed by atoms with van der Waals surface area (Å²) in [5, 5.41) is 0.209. The van der Waals surface area contributed by atoms with E-state index in [0.29, 0.717) is 17.4 Å². The van der Waals surface area contributed by atoms with E-state index in [4.69, 9.17) is 5.73 Å². The fourth-order valence-electron chi connectivity index (χ4n) is 1.36. The predicted octanol–water partition coefficient (Wildman–Crippen LogP) is 3.32. The molecule has 2 N–H and O–H groups in total. The first-order valence-electron chi connectivity index (χ1n) is 5.32. The molecule has 2 nitrogen and oxygen atoms in total. The Morgan fingerprint density at radius 3 is 2.44 bits per heavy atom. The van der Waals surface area contributed by atoms with E-state index >= 15 is 0 Å². The molecular formula is C12H18BrNOS. The monoisotopic (exact) mass is 303 g/mol. The van der Waals surface area contributed by atoms with Gasteiger partial charge in [0.05, 0.1) is 0 Å². The van der Waals surface area contributed by atoms with Gasteiger partial charge in [-0.25, -0.2) is 0 Å². The van der Waals surface area contributed by atoms with Gasteiger partial charge in [-0.1, -0.05) is 36.7 Å². The Hall–Kier alpha value is -0.350. The molecule has 90 valence electrons. The number of nitrogen functional groups attached to an aromatic ring is 1. The van der Waals surface area contributed by atoms with E-state index in [-0.39, 0.29) is 5.25 Å². The van der Waals surface area contributed by atoms with Crippen LogP contribution in [0.25, 0.3) is 0 Å². The Morgan fingerprint density at radius 2 is 1.94 bits per heavy atom. The number of nitrogens with two attached hydrogens (primary N) is 1. The van der Waals surface area contributed by atoms with E-state index in [9.17, 15) is 4.21 Å². The van der Waals surface area contributed by atoms with Crippen molar-refractivity contribution in [2.24, 2.45) is 5.92 Å². The van der Waals surface area contributed by atoms with Gasteiger partial charge in [-0.05, 0) is 29.7 Å². The van der Waals surface area contributed by atoms with Crippen molar-refractivity contribution in [3.63, 3.8) is 0 Å². The van der Waals surface area contributed by atoms with Crippen LogP contribution in [0.3, 0.4) is 0 Å². The van der Waals surface area contributed by atoms with Crippen LogP contribution in [0.15, 0.2) is 22.7 Å². The van der Waals surface area contributed by atoms with Crippen LogP contribution in [0.2, 0.25) is 0 Å². The molecule has 0 heterocycles. The molecule has 0 aliphatic rings. The molecule has 0 radical (unpaired) electrons. The zero-order chi connectivity index (χ0) is 12.3. The van der Waals surface area contributed by atoms with E-state index in [2.05, 4.69) is 29.8 Å². The van der Waals surface area contributed by atoms with Crippen molar-refractivity contribution in [3.05, 3.63) is 28.2 Å². The van der Waals surface area contributed by atoms with Crippen molar-refractivity contribution in [2.75, 3.05) is 5.73 Å². The van der Waals surface area contributed by atoms with Gasteiger partial charge in [0.15, 0.2) is 0 Å². The maximum Gasteiger partial charge on any atom is 0.0489 e. The summed E-state index contributed by atoms with van der Waals surface area (Å²) in [6.07, 6.45) is 0. The molecule has 0 saturated carbocycles. The summed E-state index contributed by atoms with van der Waals surface area (Å²) in [6, 6.07) is 5.70. The zero-order valence-corrected chi connectivity index (χ0v) is 12.3. The van der Waals surface area contributed by atoms with Gasteiger partial charge in [0.2, 0.25) is 0 Å². The van der Waals surface area contributed by atoms with Gasteiger partial charge in [0, 0.05) is 32.0 Å². The lowest BCUT2D eigenvalue weighted by molar-refractivity contribution is 0.605. The van der Waals surface area contributed by atoms with Crippen LogP contribution in [0, 0.1) is 5.92 Å². The zero-order valence-electron chi connectivity index (χ0n) is 9.87. The van der Waals surface area contributed by atoms with Gasteiger partial charge in [-0.15, -0.1) is 0 Å². The minimum absolute atomic E-state index is 0.209. The maximum atomic E-state index is 12.0. The fraction of sp³-hybridized carbons (Fsp3) is 0.500. The Labute approximate surface area is 108 Å². The number of benzene rings is 1. The van der Waals surface area contributed by atoms with Gasteiger partial charge >= 0.3 is 0 Å². The third-order valence-electron chi connectivity index (χ3n) is 2.64. The molecule has 0 bridgehead atoms. The van der Waals surface area contributed by atoms with Gasteiger partial charge < -0.3 is 5.73 Å². The van der Waals surface area contributed by atoms with Crippen molar-refractivity contribution in [1.29, 1.82) is 0 Å². The first kappa shape index (κ1) is 13.7. The molecule has 0 amide bonds. The lowest BCUT2D eigenvalue weighted by Crippen LogP contribution is -2.18. The topological polar surface area (TPSA) is 43.1 Å². The third-order valence-corrected chi connectivity index (χ3v) is 5.09. The molecule has 0 aliphatic heterocycles. The number of hydrogen-bond donors (Lipinski definition) is 1. The smallest absolute Gasteiger partial charge is 0.0489 e. The average molecular weight is 304 g/mol. The summed E-state index contributed by atoms with van der Waals surface area (Å²) >= 11 is 3.39. The summed E-state index contributed by atoms with van der Waals surface area (Å²) in [5.41, 5.74) is 7.47. The number of rotatable bonds is 4. The van der Waals surface area contributed by atoms with Crippen molar-refractivity contribution < 1.29 is 4.21 Å². The number of anilines is 1. The molecule has 1 rings (SSSR count). The van der Waals surface area contributed by atoms with Crippen molar-refractivity contribution in [2.45, 2.75) is 31.8 Å². The molecule has 2 atom stereocenters. The fourth-order valence-corrected chi connectivity index (χ4v) is 3.28. The highest BCUT2D eigenvalue weighted by molar-refractivity contribution is 9.10. The highest BCUT2D eigenvalue weighted by atomic mass is 79.9. The summed E-state index contributed by atoms with van der Waals surface area (Å²) < 4.78 is 13.0. The largest absolute Gasteiger partial charge is 0.399 e. The second-order valence-corrected chi connectivity index (χ2v) is 7.08. The van der Waals surface area contributed by atoms with Crippen LogP contribution in [0.1, 0.15) is 26.3 Å². The standard InChI is InChI=1S/C12H18BrNOS/c1-8(2)9(3)16(15)7-10-4-11(13)6-12(14)5-10/h4-6,8-9H,7,14H2,1-3H3. The number of hydrogen-bond acceptors (Lipinski definition) is 2. The Kier molecular flexibility index (Phi) is 4.99. The van der Waals surface area contributed by atoms with Crippen molar-refractivity contribution >= 4 is 32.4 Å². The molecule has 16 heavy (non-hydrogen) atoms. The average Bonchev–Trinajstić information content (AvgIpc) is 2.14. The second kappa shape index (κ2) is 5.82. The number of halogens is 1. The molecule has 0 fully saturated rings. The van der Waals surface area contributed by atoms with Crippen LogP contribution < -0.4 is 5.73 Å². The normalized spacial score (nSPS) is 15.1. The van der Waals surface area contributed by atoms with Crippen molar-refractivity contribution in [3.8, 4) is 0 Å². The molecule has 1 aromatic carbocycles. The van der Waals surface area contributed by atoms with Gasteiger partial charge in [0.25, 0.3) is 0 Å². The molecule has 1 aromatic rings. The van der Waals surface area contributed by atoms with Gasteiger partial charge in [-0.2, -0.15) is 0 Å². The lowest BCUT2D eigenvalue weighted by Gasteiger charge is -2.15. The summed E-state index contributed by atoms with van der Waals surface area (Å²) in [4.78, 5) is 0. The highest BCUT2D eigenvalue weighted by Crippen LogP contribution is 2.20. The van der Waals surface area contributed by atoms with Crippen molar-refractivity contribution in [1.82, 2.24) is 0 Å². The van der Waals surface area contributed by atoms with E-state index in [1.54, 1.807) is 0 Å². The quantitative estimate of drug-likeness (QED) is 0.867. The van der Waals surface area contributed by atoms with E-state index in [1.807, 2.05) is 25.1 Å². The summed E-state index contributed by atoms with van der Waals surface area (Å²) in [7, 11) is -0.839. The Bertz CT molecular complexity index is 372.